The Bertz CT molecular complexity index is 1300. The summed E-state index contributed by atoms with van der Waals surface area (Å²) in [5.74, 6) is 0.461. The molecule has 0 spiro atoms. The Morgan fingerprint density at radius 1 is 1.03 bits per heavy atom. The molecule has 0 atom stereocenters. The molecule has 0 saturated carbocycles. The number of ether oxygens (including phenoxy) is 1. The van der Waals surface area contributed by atoms with Crippen molar-refractivity contribution in [3.05, 3.63) is 98.6 Å². The summed E-state index contributed by atoms with van der Waals surface area (Å²) < 4.78 is 8.00. The summed E-state index contributed by atoms with van der Waals surface area (Å²) in [5.41, 5.74) is 3.74. The Balaban J connectivity index is 1.73. The first-order chi connectivity index (χ1) is 15.7. The first-order valence-electron chi connectivity index (χ1n) is 10.1. The molecule has 0 saturated heterocycles. The Kier molecular flexibility index (Phi) is 7.19. The number of phenolic OH excluding ortho intramolecular Hbond substituents is 1. The van der Waals surface area contributed by atoms with Gasteiger partial charge in [-0.2, -0.15) is 5.10 Å². The fraction of sp³-hybridized carbons (Fsp3) is 0.120. The molecule has 0 radical (unpaired) electrons. The number of halogens is 1. The Labute approximate surface area is 199 Å². The number of rotatable bonds is 7. The van der Waals surface area contributed by atoms with Crippen LogP contribution in [0, 0.1) is 0 Å². The molecule has 7 heteroatoms. The van der Waals surface area contributed by atoms with Crippen LogP contribution in [-0.4, -0.2) is 29.7 Å². The molecule has 0 bridgehead atoms. The summed E-state index contributed by atoms with van der Waals surface area (Å²) >= 11 is 5.17. The molecule has 1 heterocycles. The molecule has 0 aliphatic heterocycles. The molecule has 1 aromatic heterocycles. The molecule has 162 valence electrons. The lowest BCUT2D eigenvalue weighted by atomic mass is 10.2. The molecule has 0 unspecified atom stereocenters. The zero-order valence-electron chi connectivity index (χ0n) is 17.5. The summed E-state index contributed by atoms with van der Waals surface area (Å²) in [5, 5.41) is 17.2. The topological polar surface area (TPSA) is 59.1 Å². The van der Waals surface area contributed by atoms with Crippen molar-refractivity contribution in [2.24, 2.45) is 10.1 Å². The number of methoxy groups -OCH3 is 1. The van der Waals surface area contributed by atoms with Gasteiger partial charge in [0.1, 0.15) is 0 Å². The van der Waals surface area contributed by atoms with Gasteiger partial charge in [-0.15, -0.1) is 11.3 Å². The van der Waals surface area contributed by atoms with Crippen molar-refractivity contribution in [2.45, 2.75) is 6.42 Å². The second-order valence-electron chi connectivity index (χ2n) is 6.96. The maximum Gasteiger partial charge on any atom is 0.206 e. The van der Waals surface area contributed by atoms with Crippen LogP contribution in [0.1, 0.15) is 11.1 Å². The predicted octanol–water partition coefficient (Wildman–Crippen LogP) is 5.72. The van der Waals surface area contributed by atoms with Gasteiger partial charge in [0, 0.05) is 27.5 Å². The lowest BCUT2D eigenvalue weighted by molar-refractivity contribution is 0.373. The van der Waals surface area contributed by atoms with E-state index < -0.39 is 0 Å². The molecule has 4 rings (SSSR count). The highest BCUT2D eigenvalue weighted by Gasteiger charge is 2.11. The quantitative estimate of drug-likeness (QED) is 0.325. The normalized spacial score (nSPS) is 11.9. The average molecular weight is 508 g/mol. The molecule has 4 aromatic rings. The number of aromatic nitrogens is 1. The van der Waals surface area contributed by atoms with Crippen molar-refractivity contribution in [1.29, 1.82) is 0 Å². The summed E-state index contributed by atoms with van der Waals surface area (Å²) in [6, 6.07) is 23.6. The number of hydrogen-bond donors (Lipinski definition) is 1. The van der Waals surface area contributed by atoms with E-state index in [4.69, 9.17) is 9.73 Å². The third kappa shape index (κ3) is 5.00. The van der Waals surface area contributed by atoms with Crippen molar-refractivity contribution in [3.8, 4) is 22.8 Å². The van der Waals surface area contributed by atoms with Gasteiger partial charge >= 0.3 is 0 Å². The highest BCUT2D eigenvalue weighted by atomic mass is 79.9. The number of para-hydroxylation sites is 1. The van der Waals surface area contributed by atoms with Gasteiger partial charge in [0.2, 0.25) is 4.80 Å². The van der Waals surface area contributed by atoms with E-state index in [0.29, 0.717) is 17.9 Å². The second kappa shape index (κ2) is 10.4. The van der Waals surface area contributed by atoms with Gasteiger partial charge in [0.15, 0.2) is 11.5 Å². The summed E-state index contributed by atoms with van der Waals surface area (Å²) in [4.78, 5) is 5.59. The standard InChI is InChI=1S/C25H22BrN3O2S/c1-31-23-13-7-10-19(24(23)30)16-28-29-22(20-11-5-6-12-21(20)26)17-32-25(29)27-15-14-18-8-3-2-4-9-18/h2-13,16-17,30H,14-15H2,1H3. The van der Waals surface area contributed by atoms with E-state index in [-0.39, 0.29) is 5.75 Å². The molecule has 3 aromatic carbocycles. The van der Waals surface area contributed by atoms with E-state index in [1.54, 1.807) is 18.3 Å². The largest absolute Gasteiger partial charge is 0.504 e. The molecule has 0 amide bonds. The second-order valence-corrected chi connectivity index (χ2v) is 8.65. The van der Waals surface area contributed by atoms with E-state index in [1.165, 1.54) is 24.0 Å². The molecule has 32 heavy (non-hydrogen) atoms. The van der Waals surface area contributed by atoms with Crippen LogP contribution in [0.25, 0.3) is 11.3 Å². The van der Waals surface area contributed by atoms with Gasteiger partial charge in [-0.1, -0.05) is 70.5 Å². The minimum absolute atomic E-state index is 0.0552. The van der Waals surface area contributed by atoms with E-state index in [0.717, 1.165) is 27.0 Å². The number of benzene rings is 3. The van der Waals surface area contributed by atoms with Crippen LogP contribution in [0.3, 0.4) is 0 Å². The van der Waals surface area contributed by atoms with Crippen molar-refractivity contribution in [3.63, 3.8) is 0 Å². The molecule has 0 aliphatic rings. The van der Waals surface area contributed by atoms with Crippen LogP contribution in [0.2, 0.25) is 0 Å². The predicted molar refractivity (Wildman–Crippen MR) is 134 cm³/mol. The molecular formula is C25H22BrN3O2S. The van der Waals surface area contributed by atoms with Crippen molar-refractivity contribution in [1.82, 2.24) is 4.68 Å². The van der Waals surface area contributed by atoms with Gasteiger partial charge in [-0.3, -0.25) is 4.99 Å². The Morgan fingerprint density at radius 3 is 2.59 bits per heavy atom. The monoisotopic (exact) mass is 507 g/mol. The third-order valence-electron chi connectivity index (χ3n) is 4.89. The van der Waals surface area contributed by atoms with Crippen LogP contribution >= 0.6 is 27.3 Å². The van der Waals surface area contributed by atoms with E-state index in [2.05, 4.69) is 33.2 Å². The van der Waals surface area contributed by atoms with Crippen LogP contribution in [-0.2, 0) is 6.42 Å². The van der Waals surface area contributed by atoms with Crippen LogP contribution in [0.5, 0.6) is 11.5 Å². The zero-order chi connectivity index (χ0) is 22.3. The fourth-order valence-corrected chi connectivity index (χ4v) is 4.57. The summed E-state index contributed by atoms with van der Waals surface area (Å²) in [6.07, 6.45) is 2.48. The van der Waals surface area contributed by atoms with Crippen molar-refractivity contribution >= 4 is 33.5 Å². The number of phenols is 1. The maximum atomic E-state index is 10.4. The van der Waals surface area contributed by atoms with E-state index in [1.807, 2.05) is 58.6 Å². The van der Waals surface area contributed by atoms with Gasteiger partial charge in [0.05, 0.1) is 19.0 Å². The molecular weight excluding hydrogens is 486 g/mol. The lowest BCUT2D eigenvalue weighted by Gasteiger charge is -2.07. The Morgan fingerprint density at radius 2 is 1.81 bits per heavy atom. The minimum Gasteiger partial charge on any atom is -0.504 e. The summed E-state index contributed by atoms with van der Waals surface area (Å²) in [6.45, 7) is 0.653. The smallest absolute Gasteiger partial charge is 0.206 e. The minimum atomic E-state index is 0.0552. The van der Waals surface area contributed by atoms with E-state index >= 15 is 0 Å². The number of thiazole rings is 1. The van der Waals surface area contributed by atoms with Gasteiger partial charge in [-0.05, 0) is 30.2 Å². The molecule has 5 nitrogen and oxygen atoms in total. The van der Waals surface area contributed by atoms with E-state index in [9.17, 15) is 5.11 Å². The number of aromatic hydroxyl groups is 1. The van der Waals surface area contributed by atoms with Crippen molar-refractivity contribution < 1.29 is 9.84 Å². The van der Waals surface area contributed by atoms with Crippen LogP contribution < -0.4 is 9.54 Å². The molecule has 0 fully saturated rings. The third-order valence-corrected chi connectivity index (χ3v) is 6.43. The molecule has 1 N–H and O–H groups in total. The van der Waals surface area contributed by atoms with Gasteiger partial charge < -0.3 is 9.84 Å². The summed E-state index contributed by atoms with van der Waals surface area (Å²) in [7, 11) is 1.53. The first kappa shape index (κ1) is 22.0. The van der Waals surface area contributed by atoms with Gasteiger partial charge in [-0.25, -0.2) is 4.68 Å². The highest BCUT2D eigenvalue weighted by molar-refractivity contribution is 9.10. The fourth-order valence-electron chi connectivity index (χ4n) is 3.23. The van der Waals surface area contributed by atoms with Gasteiger partial charge in [0.25, 0.3) is 0 Å². The Hall–Kier alpha value is -3.16. The lowest BCUT2D eigenvalue weighted by Crippen LogP contribution is -2.13. The average Bonchev–Trinajstić information content (AvgIpc) is 3.22. The maximum absolute atomic E-state index is 10.4. The van der Waals surface area contributed by atoms with Crippen LogP contribution in [0.15, 0.2) is 92.7 Å². The molecule has 0 aliphatic carbocycles. The van der Waals surface area contributed by atoms with Crippen molar-refractivity contribution in [2.75, 3.05) is 13.7 Å². The SMILES string of the molecule is COc1cccc(C=Nn2c(-c3ccccc3Br)csc2=NCCc2ccccc2)c1O. The van der Waals surface area contributed by atoms with Crippen LogP contribution in [0.4, 0.5) is 0 Å². The number of nitrogens with zero attached hydrogens (tertiary/aromatic N) is 3. The highest BCUT2D eigenvalue weighted by Crippen LogP contribution is 2.30. The number of hydrogen-bond acceptors (Lipinski definition) is 5. The first-order valence-corrected chi connectivity index (χ1v) is 11.7. The zero-order valence-corrected chi connectivity index (χ0v) is 19.9.